The van der Waals surface area contributed by atoms with Crippen molar-refractivity contribution in [3.8, 4) is 0 Å². The number of rotatable bonds is 1. The van der Waals surface area contributed by atoms with Gasteiger partial charge < -0.3 is 0 Å². The van der Waals surface area contributed by atoms with E-state index in [9.17, 15) is 0 Å². The Bertz CT molecular complexity index is 209. The zero-order chi connectivity index (χ0) is 8.10. The summed E-state index contributed by atoms with van der Waals surface area (Å²) < 4.78 is 0. The molecule has 1 heteroatoms. The van der Waals surface area contributed by atoms with Crippen LogP contribution < -0.4 is 0 Å². The Balaban J connectivity index is 2.75. The Kier molecular flexibility index (Phi) is 3.09. The molecular weight excluding hydrogens is 134 g/mol. The van der Waals surface area contributed by atoms with E-state index in [0.717, 1.165) is 19.3 Å². The van der Waals surface area contributed by atoms with Gasteiger partial charge in [-0.1, -0.05) is 19.1 Å². The zero-order valence-corrected chi connectivity index (χ0v) is 7.30. The monoisotopic (exact) mass is 149 g/mol. The fraction of sp³-hybridized carbons (Fsp3) is 0.500. The second kappa shape index (κ2) is 4.12. The molecule has 0 bridgehead atoms. The second-order valence-electron chi connectivity index (χ2n) is 2.86. The van der Waals surface area contributed by atoms with Gasteiger partial charge in [0.2, 0.25) is 0 Å². The molecular formula is C10H15N. The van der Waals surface area contributed by atoms with Crippen LogP contribution in [0.4, 0.5) is 0 Å². The normalized spacial score (nSPS) is 18.4. The molecule has 0 aromatic rings. The third-order valence-corrected chi connectivity index (χ3v) is 1.86. The van der Waals surface area contributed by atoms with Crippen LogP contribution in [0.1, 0.15) is 33.1 Å². The minimum absolute atomic E-state index is 1.08. The van der Waals surface area contributed by atoms with Crippen molar-refractivity contribution in [1.82, 2.24) is 0 Å². The number of aliphatic imine (C=N–C) groups is 1. The minimum atomic E-state index is 1.08. The molecule has 0 aromatic carbocycles. The summed E-state index contributed by atoms with van der Waals surface area (Å²) >= 11 is 0. The first kappa shape index (κ1) is 8.25. The van der Waals surface area contributed by atoms with Crippen molar-refractivity contribution >= 4 is 5.71 Å². The van der Waals surface area contributed by atoms with Gasteiger partial charge in [-0.3, -0.25) is 4.99 Å². The first-order chi connectivity index (χ1) is 5.33. The second-order valence-corrected chi connectivity index (χ2v) is 2.86. The van der Waals surface area contributed by atoms with Gasteiger partial charge in [-0.15, -0.1) is 0 Å². The fourth-order valence-corrected chi connectivity index (χ4v) is 1.04. The first-order valence-corrected chi connectivity index (χ1v) is 4.21. The number of hydrogen-bond donors (Lipinski definition) is 0. The number of hydrogen-bond acceptors (Lipinski definition) is 1. The van der Waals surface area contributed by atoms with Gasteiger partial charge in [0.25, 0.3) is 0 Å². The van der Waals surface area contributed by atoms with Gasteiger partial charge >= 0.3 is 0 Å². The third kappa shape index (κ3) is 2.71. The number of allylic oxidation sites excluding steroid dienone is 3. The highest BCUT2D eigenvalue weighted by atomic mass is 14.7. The Labute approximate surface area is 68.5 Å². The highest BCUT2D eigenvalue weighted by Gasteiger charge is 1.93. The van der Waals surface area contributed by atoms with Crippen molar-refractivity contribution in [2.75, 3.05) is 0 Å². The quantitative estimate of drug-likeness (QED) is 0.543. The molecule has 0 atom stereocenters. The Morgan fingerprint density at radius 1 is 1.55 bits per heavy atom. The molecule has 0 amide bonds. The van der Waals surface area contributed by atoms with E-state index in [0.29, 0.717) is 0 Å². The SMILES string of the molecule is CCC1=CN=C(C)CCC=C1. The molecule has 0 spiro atoms. The summed E-state index contributed by atoms with van der Waals surface area (Å²) in [5.74, 6) is 0. The van der Waals surface area contributed by atoms with Crippen molar-refractivity contribution in [1.29, 1.82) is 0 Å². The summed E-state index contributed by atoms with van der Waals surface area (Å²) in [6.45, 7) is 4.24. The molecule has 0 N–H and O–H groups in total. The van der Waals surface area contributed by atoms with Crippen molar-refractivity contribution in [2.45, 2.75) is 33.1 Å². The van der Waals surface area contributed by atoms with E-state index in [-0.39, 0.29) is 0 Å². The maximum Gasteiger partial charge on any atom is 0.0298 e. The third-order valence-electron chi connectivity index (χ3n) is 1.86. The Morgan fingerprint density at radius 3 is 3.09 bits per heavy atom. The molecule has 1 rings (SSSR count). The largest absolute Gasteiger partial charge is 0.266 e. The lowest BCUT2D eigenvalue weighted by molar-refractivity contribution is 1.05. The van der Waals surface area contributed by atoms with Gasteiger partial charge in [-0.05, 0) is 31.8 Å². The van der Waals surface area contributed by atoms with Crippen LogP contribution in [-0.4, -0.2) is 5.71 Å². The summed E-state index contributed by atoms with van der Waals surface area (Å²) in [6.07, 6.45) is 9.69. The van der Waals surface area contributed by atoms with Crippen LogP contribution >= 0.6 is 0 Å². The van der Waals surface area contributed by atoms with Crippen molar-refractivity contribution in [3.05, 3.63) is 23.9 Å². The topological polar surface area (TPSA) is 12.4 Å². The van der Waals surface area contributed by atoms with Crippen LogP contribution in [0.25, 0.3) is 0 Å². The highest BCUT2D eigenvalue weighted by molar-refractivity contribution is 5.82. The van der Waals surface area contributed by atoms with Gasteiger partial charge in [0, 0.05) is 11.9 Å². The summed E-state index contributed by atoms with van der Waals surface area (Å²) in [5.41, 5.74) is 2.56. The minimum Gasteiger partial charge on any atom is -0.266 e. The highest BCUT2D eigenvalue weighted by Crippen LogP contribution is 2.08. The van der Waals surface area contributed by atoms with Crippen LogP contribution in [0.15, 0.2) is 28.9 Å². The van der Waals surface area contributed by atoms with Crippen molar-refractivity contribution in [3.63, 3.8) is 0 Å². The Morgan fingerprint density at radius 2 is 2.36 bits per heavy atom. The summed E-state index contributed by atoms with van der Waals surface area (Å²) in [7, 11) is 0. The lowest BCUT2D eigenvalue weighted by Crippen LogP contribution is -1.91. The average molecular weight is 149 g/mol. The van der Waals surface area contributed by atoms with Crippen LogP contribution in [0.5, 0.6) is 0 Å². The maximum absolute atomic E-state index is 4.34. The first-order valence-electron chi connectivity index (χ1n) is 4.21. The molecule has 1 heterocycles. The van der Waals surface area contributed by atoms with E-state index < -0.39 is 0 Å². The fourth-order valence-electron chi connectivity index (χ4n) is 1.04. The summed E-state index contributed by atoms with van der Waals surface area (Å²) in [4.78, 5) is 4.34. The zero-order valence-electron chi connectivity index (χ0n) is 7.30. The van der Waals surface area contributed by atoms with Crippen LogP contribution in [0.3, 0.4) is 0 Å². The summed E-state index contributed by atoms with van der Waals surface area (Å²) in [5, 5.41) is 0. The van der Waals surface area contributed by atoms with Crippen LogP contribution in [0, 0.1) is 0 Å². The molecule has 0 radical (unpaired) electrons. The summed E-state index contributed by atoms with van der Waals surface area (Å²) in [6, 6.07) is 0. The molecule has 1 nitrogen and oxygen atoms in total. The predicted octanol–water partition coefficient (Wildman–Crippen LogP) is 3.09. The molecule has 0 saturated heterocycles. The lowest BCUT2D eigenvalue weighted by Gasteiger charge is -2.01. The van der Waals surface area contributed by atoms with Crippen molar-refractivity contribution < 1.29 is 0 Å². The van der Waals surface area contributed by atoms with Crippen LogP contribution in [0.2, 0.25) is 0 Å². The van der Waals surface area contributed by atoms with E-state index in [1.807, 2.05) is 6.20 Å². The van der Waals surface area contributed by atoms with Gasteiger partial charge in [-0.2, -0.15) is 0 Å². The molecule has 1 aliphatic rings. The molecule has 0 saturated carbocycles. The molecule has 0 aromatic heterocycles. The van der Waals surface area contributed by atoms with Gasteiger partial charge in [0.1, 0.15) is 0 Å². The standard InChI is InChI=1S/C10H15N/c1-3-10-7-5-4-6-9(2)11-8-10/h5,7-8H,3-4,6H2,1-2H3. The van der Waals surface area contributed by atoms with E-state index in [1.165, 1.54) is 11.3 Å². The predicted molar refractivity (Wildman–Crippen MR) is 49.9 cm³/mol. The van der Waals surface area contributed by atoms with Gasteiger partial charge in [0.05, 0.1) is 0 Å². The van der Waals surface area contributed by atoms with E-state index >= 15 is 0 Å². The number of nitrogens with zero attached hydrogens (tertiary/aromatic N) is 1. The van der Waals surface area contributed by atoms with Gasteiger partial charge in [-0.25, -0.2) is 0 Å². The molecule has 1 aliphatic heterocycles. The smallest absolute Gasteiger partial charge is 0.0298 e. The van der Waals surface area contributed by atoms with Crippen molar-refractivity contribution in [2.24, 2.45) is 4.99 Å². The molecule has 0 fully saturated rings. The maximum atomic E-state index is 4.34. The molecule has 0 aliphatic carbocycles. The van der Waals surface area contributed by atoms with E-state index in [1.54, 1.807) is 0 Å². The average Bonchev–Trinajstić information content (AvgIpc) is 1.98. The Hall–Kier alpha value is -0.850. The van der Waals surface area contributed by atoms with Gasteiger partial charge in [0.15, 0.2) is 0 Å². The molecule has 11 heavy (non-hydrogen) atoms. The van der Waals surface area contributed by atoms with E-state index in [2.05, 4.69) is 31.0 Å². The van der Waals surface area contributed by atoms with E-state index in [4.69, 9.17) is 0 Å². The lowest BCUT2D eigenvalue weighted by atomic mass is 10.1. The molecule has 60 valence electrons. The van der Waals surface area contributed by atoms with Crippen LogP contribution in [-0.2, 0) is 0 Å². The molecule has 0 unspecified atom stereocenters.